The minimum absolute atomic E-state index is 0.628. The van der Waals surface area contributed by atoms with Gasteiger partial charge in [-0.15, -0.1) is 11.3 Å². The molecule has 0 aromatic carbocycles. The molecule has 3 heterocycles. The zero-order chi connectivity index (χ0) is 14.8. The molecule has 0 spiro atoms. The number of rotatable bonds is 5. The number of fused-ring (bicyclic) bond motifs is 2. The summed E-state index contributed by atoms with van der Waals surface area (Å²) in [6, 6.07) is 7.52. The molecule has 3 heteroatoms. The number of thiophene rings is 1. The van der Waals surface area contributed by atoms with Crippen LogP contribution in [0.2, 0.25) is 0 Å². The van der Waals surface area contributed by atoms with Crippen LogP contribution in [0.4, 0.5) is 0 Å². The molecular formula is C18H30N2S. The highest BCUT2D eigenvalue weighted by Crippen LogP contribution is 2.43. The average Bonchev–Trinajstić information content (AvgIpc) is 2.93. The molecule has 3 unspecified atom stereocenters. The van der Waals surface area contributed by atoms with Crippen molar-refractivity contribution in [2.45, 2.75) is 77.0 Å². The fourth-order valence-electron chi connectivity index (χ4n) is 4.61. The Labute approximate surface area is 133 Å². The lowest BCUT2D eigenvalue weighted by Gasteiger charge is -2.53. The standard InChI is InChI=1S/C18H30N2S/c1-4-19-14-11-15-7-5-8-16(12-14)20(15)18(13(2)3)17-9-6-10-21-17/h6,9-10,13-16,18-19H,4-5,7-8,11-12H2,1-3H3. The smallest absolute Gasteiger partial charge is 0.0470 e. The highest BCUT2D eigenvalue weighted by Gasteiger charge is 2.42. The molecule has 2 saturated heterocycles. The molecule has 3 rings (SSSR count). The van der Waals surface area contributed by atoms with E-state index in [1.807, 2.05) is 11.3 Å². The van der Waals surface area contributed by atoms with Gasteiger partial charge in [0.1, 0.15) is 0 Å². The largest absolute Gasteiger partial charge is 0.314 e. The van der Waals surface area contributed by atoms with Gasteiger partial charge in [0.05, 0.1) is 0 Å². The molecule has 0 aliphatic carbocycles. The molecule has 1 N–H and O–H groups in total. The van der Waals surface area contributed by atoms with Crippen LogP contribution in [0.25, 0.3) is 0 Å². The number of hydrogen-bond donors (Lipinski definition) is 1. The van der Waals surface area contributed by atoms with Crippen molar-refractivity contribution < 1.29 is 0 Å². The third-order valence-corrected chi connectivity index (χ3v) is 6.25. The Kier molecular flexibility index (Phi) is 5.03. The van der Waals surface area contributed by atoms with E-state index in [0.29, 0.717) is 12.0 Å². The molecule has 21 heavy (non-hydrogen) atoms. The van der Waals surface area contributed by atoms with E-state index < -0.39 is 0 Å². The summed E-state index contributed by atoms with van der Waals surface area (Å²) < 4.78 is 0. The average molecular weight is 307 g/mol. The maximum atomic E-state index is 3.71. The predicted octanol–water partition coefficient (Wildman–Crippen LogP) is 4.44. The van der Waals surface area contributed by atoms with Crippen LogP contribution >= 0.6 is 11.3 Å². The summed E-state index contributed by atoms with van der Waals surface area (Å²) in [6.45, 7) is 8.15. The SMILES string of the molecule is CCNC1CC2CCCC(C1)N2C(c1cccs1)C(C)C. The lowest BCUT2D eigenvalue weighted by molar-refractivity contribution is -0.0255. The number of piperidine rings is 2. The summed E-state index contributed by atoms with van der Waals surface area (Å²) in [6.07, 6.45) is 6.91. The van der Waals surface area contributed by atoms with Crippen molar-refractivity contribution in [1.82, 2.24) is 10.2 Å². The van der Waals surface area contributed by atoms with E-state index in [0.717, 1.165) is 24.7 Å². The van der Waals surface area contributed by atoms with Crippen LogP contribution < -0.4 is 5.32 Å². The number of nitrogens with zero attached hydrogens (tertiary/aromatic N) is 1. The van der Waals surface area contributed by atoms with E-state index >= 15 is 0 Å². The molecule has 0 amide bonds. The molecular weight excluding hydrogens is 276 g/mol. The van der Waals surface area contributed by atoms with Crippen molar-refractivity contribution in [3.05, 3.63) is 22.4 Å². The third kappa shape index (κ3) is 3.20. The molecule has 118 valence electrons. The maximum Gasteiger partial charge on any atom is 0.0470 e. The van der Waals surface area contributed by atoms with Crippen LogP contribution in [-0.2, 0) is 0 Å². The molecule has 0 radical (unpaired) electrons. The van der Waals surface area contributed by atoms with Crippen LogP contribution in [-0.4, -0.2) is 29.6 Å². The third-order valence-electron chi connectivity index (χ3n) is 5.31. The van der Waals surface area contributed by atoms with Crippen molar-refractivity contribution in [3.63, 3.8) is 0 Å². The Hall–Kier alpha value is -0.380. The molecule has 3 atom stereocenters. The first kappa shape index (κ1) is 15.5. The molecule has 0 saturated carbocycles. The molecule has 1 aromatic rings. The van der Waals surface area contributed by atoms with Gasteiger partial charge < -0.3 is 5.32 Å². The van der Waals surface area contributed by atoms with Crippen molar-refractivity contribution in [2.24, 2.45) is 5.92 Å². The van der Waals surface area contributed by atoms with Gasteiger partial charge in [-0.05, 0) is 49.6 Å². The predicted molar refractivity (Wildman–Crippen MR) is 91.9 cm³/mol. The van der Waals surface area contributed by atoms with Gasteiger partial charge >= 0.3 is 0 Å². The highest BCUT2D eigenvalue weighted by molar-refractivity contribution is 7.10. The monoisotopic (exact) mass is 306 g/mol. The molecule has 2 fully saturated rings. The fraction of sp³-hybridized carbons (Fsp3) is 0.778. The Balaban J connectivity index is 1.83. The molecule has 2 aliphatic rings. The highest BCUT2D eigenvalue weighted by atomic mass is 32.1. The summed E-state index contributed by atoms with van der Waals surface area (Å²) in [5.74, 6) is 0.697. The van der Waals surface area contributed by atoms with E-state index in [1.54, 1.807) is 4.88 Å². The van der Waals surface area contributed by atoms with Crippen LogP contribution in [0.15, 0.2) is 17.5 Å². The first-order chi connectivity index (χ1) is 10.2. The van der Waals surface area contributed by atoms with E-state index in [2.05, 4.69) is 48.5 Å². The van der Waals surface area contributed by atoms with Gasteiger partial charge in [-0.2, -0.15) is 0 Å². The summed E-state index contributed by atoms with van der Waals surface area (Å²) in [7, 11) is 0. The van der Waals surface area contributed by atoms with Crippen LogP contribution in [0, 0.1) is 5.92 Å². The van der Waals surface area contributed by atoms with E-state index in [9.17, 15) is 0 Å². The van der Waals surface area contributed by atoms with Gasteiger partial charge in [0.2, 0.25) is 0 Å². The first-order valence-corrected chi connectivity index (χ1v) is 9.62. The van der Waals surface area contributed by atoms with Crippen molar-refractivity contribution in [1.29, 1.82) is 0 Å². The fourth-order valence-corrected chi connectivity index (χ4v) is 5.61. The quantitative estimate of drug-likeness (QED) is 0.865. The van der Waals surface area contributed by atoms with Crippen molar-refractivity contribution >= 4 is 11.3 Å². The Bertz CT molecular complexity index is 414. The van der Waals surface area contributed by atoms with Gasteiger partial charge in [0.25, 0.3) is 0 Å². The molecule has 1 aromatic heterocycles. The Morgan fingerprint density at radius 3 is 2.52 bits per heavy atom. The maximum absolute atomic E-state index is 3.71. The minimum atomic E-state index is 0.628. The topological polar surface area (TPSA) is 15.3 Å². The normalized spacial score (nSPS) is 31.5. The Morgan fingerprint density at radius 1 is 1.29 bits per heavy atom. The summed E-state index contributed by atoms with van der Waals surface area (Å²) in [5.41, 5.74) is 0. The molecule has 2 aliphatic heterocycles. The summed E-state index contributed by atoms with van der Waals surface area (Å²) >= 11 is 1.95. The second-order valence-corrected chi connectivity index (χ2v) is 8.10. The summed E-state index contributed by atoms with van der Waals surface area (Å²) in [5, 5.41) is 5.95. The van der Waals surface area contributed by atoms with Gasteiger partial charge in [0.15, 0.2) is 0 Å². The number of nitrogens with one attached hydrogen (secondary N) is 1. The van der Waals surface area contributed by atoms with E-state index in [-0.39, 0.29) is 0 Å². The van der Waals surface area contributed by atoms with Gasteiger partial charge in [-0.3, -0.25) is 4.90 Å². The van der Waals surface area contributed by atoms with Gasteiger partial charge in [-0.25, -0.2) is 0 Å². The van der Waals surface area contributed by atoms with E-state index in [4.69, 9.17) is 0 Å². The molecule has 2 bridgehead atoms. The zero-order valence-electron chi connectivity index (χ0n) is 13.7. The van der Waals surface area contributed by atoms with Crippen LogP contribution in [0.5, 0.6) is 0 Å². The van der Waals surface area contributed by atoms with E-state index in [1.165, 1.54) is 32.1 Å². The van der Waals surface area contributed by atoms with Gasteiger partial charge in [0, 0.05) is 29.0 Å². The van der Waals surface area contributed by atoms with Crippen LogP contribution in [0.1, 0.15) is 63.8 Å². The van der Waals surface area contributed by atoms with Crippen molar-refractivity contribution in [2.75, 3.05) is 6.54 Å². The lowest BCUT2D eigenvalue weighted by atomic mass is 9.79. The zero-order valence-corrected chi connectivity index (χ0v) is 14.5. The Morgan fingerprint density at radius 2 is 2.00 bits per heavy atom. The second-order valence-electron chi connectivity index (χ2n) is 7.12. The van der Waals surface area contributed by atoms with Crippen molar-refractivity contribution in [3.8, 4) is 0 Å². The number of hydrogen-bond acceptors (Lipinski definition) is 3. The van der Waals surface area contributed by atoms with Gasteiger partial charge in [-0.1, -0.05) is 33.3 Å². The lowest BCUT2D eigenvalue weighted by Crippen LogP contribution is -2.57. The minimum Gasteiger partial charge on any atom is -0.314 e. The first-order valence-electron chi connectivity index (χ1n) is 8.75. The molecule has 2 nitrogen and oxygen atoms in total. The summed E-state index contributed by atoms with van der Waals surface area (Å²) in [4.78, 5) is 4.48. The second kappa shape index (κ2) is 6.80. The van der Waals surface area contributed by atoms with Crippen LogP contribution in [0.3, 0.4) is 0 Å².